The number of nitrogens with zero attached hydrogens (tertiary/aromatic N) is 3. The van der Waals surface area contributed by atoms with Crippen LogP contribution in [0, 0.1) is 13.8 Å². The predicted octanol–water partition coefficient (Wildman–Crippen LogP) is 4.79. The summed E-state index contributed by atoms with van der Waals surface area (Å²) in [4.78, 5) is 35.1. The SMILES string of the molecule is CCc1sc2nc(SCC(=O)N3CCCCC3)n(Cc3ccc(C)cc3)c(=O)c2c1C. The van der Waals surface area contributed by atoms with Gasteiger partial charge in [0, 0.05) is 18.0 Å². The molecule has 1 aromatic carbocycles. The standard InChI is InChI=1S/C24H29N3O2S2/c1-4-19-17(3)21-22(31-19)25-24(30-15-20(28)26-12-6-5-7-13-26)27(23(21)29)14-18-10-8-16(2)9-11-18/h8-11H,4-7,12-15H2,1-3H3. The summed E-state index contributed by atoms with van der Waals surface area (Å²) in [7, 11) is 0. The van der Waals surface area contributed by atoms with Crippen LogP contribution in [-0.4, -0.2) is 39.2 Å². The molecule has 31 heavy (non-hydrogen) atoms. The van der Waals surface area contributed by atoms with Crippen molar-refractivity contribution in [1.82, 2.24) is 14.5 Å². The third kappa shape index (κ3) is 4.72. The zero-order chi connectivity index (χ0) is 22.0. The summed E-state index contributed by atoms with van der Waals surface area (Å²) in [6, 6.07) is 8.22. The van der Waals surface area contributed by atoms with Gasteiger partial charge in [0.05, 0.1) is 17.7 Å². The van der Waals surface area contributed by atoms with Crippen molar-refractivity contribution in [3.05, 3.63) is 56.2 Å². The summed E-state index contributed by atoms with van der Waals surface area (Å²) in [5, 5.41) is 1.35. The average Bonchev–Trinajstić information content (AvgIpc) is 3.11. The molecule has 0 N–H and O–H groups in total. The van der Waals surface area contributed by atoms with E-state index in [2.05, 4.69) is 38.1 Å². The number of piperidine rings is 1. The summed E-state index contributed by atoms with van der Waals surface area (Å²) >= 11 is 2.99. The third-order valence-corrected chi connectivity index (χ3v) is 8.22. The highest BCUT2D eigenvalue weighted by Gasteiger charge is 2.21. The Hall–Kier alpha value is -2.12. The van der Waals surface area contributed by atoms with Gasteiger partial charge in [-0.25, -0.2) is 4.98 Å². The normalized spacial score (nSPS) is 14.4. The molecule has 1 amide bonds. The molecule has 3 heterocycles. The predicted molar refractivity (Wildman–Crippen MR) is 129 cm³/mol. The van der Waals surface area contributed by atoms with Gasteiger partial charge in [0.25, 0.3) is 5.56 Å². The Morgan fingerprint density at radius 2 is 1.84 bits per heavy atom. The van der Waals surface area contributed by atoms with Crippen molar-refractivity contribution >= 4 is 39.2 Å². The first-order chi connectivity index (χ1) is 15.0. The van der Waals surface area contributed by atoms with Crippen molar-refractivity contribution < 1.29 is 4.79 Å². The van der Waals surface area contributed by atoms with Crippen molar-refractivity contribution in [1.29, 1.82) is 0 Å². The van der Waals surface area contributed by atoms with Gasteiger partial charge < -0.3 is 4.90 Å². The number of fused-ring (bicyclic) bond motifs is 1. The van der Waals surface area contributed by atoms with Crippen molar-refractivity contribution in [3.8, 4) is 0 Å². The lowest BCUT2D eigenvalue weighted by atomic mass is 10.1. The van der Waals surface area contributed by atoms with Crippen LogP contribution in [-0.2, 0) is 17.8 Å². The lowest BCUT2D eigenvalue weighted by Crippen LogP contribution is -2.37. The van der Waals surface area contributed by atoms with Crippen molar-refractivity contribution in [2.45, 2.75) is 58.2 Å². The number of likely N-dealkylation sites (tertiary alicyclic amines) is 1. The van der Waals surface area contributed by atoms with Gasteiger partial charge in [-0.15, -0.1) is 11.3 Å². The van der Waals surface area contributed by atoms with E-state index in [1.807, 2.05) is 11.8 Å². The zero-order valence-corrected chi connectivity index (χ0v) is 20.1. The van der Waals surface area contributed by atoms with Crippen molar-refractivity contribution in [2.24, 2.45) is 0 Å². The molecule has 1 aliphatic rings. The summed E-state index contributed by atoms with van der Waals surface area (Å²) < 4.78 is 1.75. The van der Waals surface area contributed by atoms with Gasteiger partial charge in [0.1, 0.15) is 4.83 Å². The van der Waals surface area contributed by atoms with E-state index in [1.54, 1.807) is 15.9 Å². The number of aromatic nitrogens is 2. The van der Waals surface area contributed by atoms with Crippen LogP contribution < -0.4 is 5.56 Å². The first kappa shape index (κ1) is 22.1. The summed E-state index contributed by atoms with van der Waals surface area (Å²) in [6.45, 7) is 8.31. The van der Waals surface area contributed by atoms with Crippen LogP contribution in [0.5, 0.6) is 0 Å². The van der Waals surface area contributed by atoms with E-state index in [1.165, 1.54) is 28.6 Å². The van der Waals surface area contributed by atoms with Gasteiger partial charge >= 0.3 is 0 Å². The quantitative estimate of drug-likeness (QED) is 0.396. The Bertz CT molecular complexity index is 1140. The van der Waals surface area contributed by atoms with Gasteiger partial charge in [0.2, 0.25) is 5.91 Å². The molecule has 3 aromatic rings. The molecule has 1 aliphatic heterocycles. The molecule has 0 spiro atoms. The zero-order valence-electron chi connectivity index (χ0n) is 18.4. The Morgan fingerprint density at radius 1 is 1.13 bits per heavy atom. The molecule has 0 bridgehead atoms. The maximum atomic E-state index is 13.5. The number of amides is 1. The highest BCUT2D eigenvalue weighted by molar-refractivity contribution is 7.99. The first-order valence-electron chi connectivity index (χ1n) is 11.0. The lowest BCUT2D eigenvalue weighted by molar-refractivity contribution is -0.129. The number of aryl methyl sites for hydroxylation is 3. The number of hydrogen-bond acceptors (Lipinski definition) is 5. The molecule has 2 aromatic heterocycles. The highest BCUT2D eigenvalue weighted by Crippen LogP contribution is 2.30. The second kappa shape index (κ2) is 9.57. The van der Waals surface area contributed by atoms with E-state index in [9.17, 15) is 9.59 Å². The lowest BCUT2D eigenvalue weighted by Gasteiger charge is -2.26. The van der Waals surface area contributed by atoms with Crippen LogP contribution in [0.15, 0.2) is 34.2 Å². The van der Waals surface area contributed by atoms with E-state index < -0.39 is 0 Å². The van der Waals surface area contributed by atoms with Gasteiger partial charge in [-0.3, -0.25) is 14.2 Å². The molecule has 0 radical (unpaired) electrons. The second-order valence-electron chi connectivity index (χ2n) is 8.19. The molecule has 0 unspecified atom stereocenters. The van der Waals surface area contributed by atoms with E-state index in [0.29, 0.717) is 17.5 Å². The number of benzene rings is 1. The van der Waals surface area contributed by atoms with Crippen LogP contribution in [0.1, 0.15) is 47.8 Å². The molecule has 5 nitrogen and oxygen atoms in total. The van der Waals surface area contributed by atoms with Gasteiger partial charge in [-0.1, -0.05) is 48.5 Å². The highest BCUT2D eigenvalue weighted by atomic mass is 32.2. The van der Waals surface area contributed by atoms with Crippen molar-refractivity contribution in [3.63, 3.8) is 0 Å². The van der Waals surface area contributed by atoms with Gasteiger partial charge in [-0.2, -0.15) is 0 Å². The Labute approximate surface area is 191 Å². The molecule has 0 atom stereocenters. The summed E-state index contributed by atoms with van der Waals surface area (Å²) in [5.74, 6) is 0.453. The van der Waals surface area contributed by atoms with Crippen LogP contribution in [0.2, 0.25) is 0 Å². The largest absolute Gasteiger partial charge is 0.342 e. The molecule has 0 saturated carbocycles. The number of thioether (sulfide) groups is 1. The number of carbonyl (C=O) groups is 1. The second-order valence-corrected chi connectivity index (χ2v) is 10.2. The maximum Gasteiger partial charge on any atom is 0.263 e. The van der Waals surface area contributed by atoms with Crippen LogP contribution >= 0.6 is 23.1 Å². The number of carbonyl (C=O) groups excluding carboxylic acids is 1. The molecular formula is C24H29N3O2S2. The maximum absolute atomic E-state index is 13.5. The van der Waals surface area contributed by atoms with Crippen LogP contribution in [0.25, 0.3) is 10.2 Å². The minimum atomic E-state index is -0.00746. The molecule has 164 valence electrons. The summed E-state index contributed by atoms with van der Waals surface area (Å²) in [5.41, 5.74) is 3.28. The fraction of sp³-hybridized carbons (Fsp3) is 0.458. The number of hydrogen-bond donors (Lipinski definition) is 0. The molecular weight excluding hydrogens is 426 g/mol. The Kier molecular flexibility index (Phi) is 6.82. The molecule has 7 heteroatoms. The van der Waals surface area contributed by atoms with Crippen LogP contribution in [0.3, 0.4) is 0 Å². The molecule has 1 saturated heterocycles. The van der Waals surface area contributed by atoms with Crippen molar-refractivity contribution in [2.75, 3.05) is 18.8 Å². The first-order valence-corrected chi connectivity index (χ1v) is 12.8. The minimum Gasteiger partial charge on any atom is -0.342 e. The topological polar surface area (TPSA) is 55.2 Å². The van der Waals surface area contributed by atoms with E-state index in [-0.39, 0.29) is 11.5 Å². The fourth-order valence-corrected chi connectivity index (χ4v) is 6.13. The number of rotatable bonds is 6. The summed E-state index contributed by atoms with van der Waals surface area (Å²) in [6.07, 6.45) is 4.24. The average molecular weight is 456 g/mol. The Balaban J connectivity index is 1.69. The fourth-order valence-electron chi connectivity index (χ4n) is 4.07. The van der Waals surface area contributed by atoms with E-state index in [4.69, 9.17) is 4.98 Å². The minimum absolute atomic E-state index is 0.00746. The Morgan fingerprint density at radius 3 is 2.52 bits per heavy atom. The van der Waals surface area contributed by atoms with Crippen LogP contribution in [0.4, 0.5) is 0 Å². The smallest absolute Gasteiger partial charge is 0.263 e. The number of thiophene rings is 1. The monoisotopic (exact) mass is 455 g/mol. The van der Waals surface area contributed by atoms with Gasteiger partial charge in [-0.05, 0) is 50.7 Å². The third-order valence-electron chi connectivity index (χ3n) is 5.93. The molecule has 0 aliphatic carbocycles. The van der Waals surface area contributed by atoms with E-state index >= 15 is 0 Å². The van der Waals surface area contributed by atoms with E-state index in [0.717, 1.165) is 53.7 Å². The molecule has 1 fully saturated rings. The molecule has 4 rings (SSSR count). The van der Waals surface area contributed by atoms with Gasteiger partial charge in [0.15, 0.2) is 5.16 Å².